The van der Waals surface area contributed by atoms with E-state index < -0.39 is 92.5 Å². The second-order valence-corrected chi connectivity index (χ2v) is 15.4. The Morgan fingerprint density at radius 2 is 1.77 bits per heavy atom. The van der Waals surface area contributed by atoms with Gasteiger partial charge in [-0.2, -0.15) is 8.78 Å². The van der Waals surface area contributed by atoms with E-state index in [9.17, 15) is 31.4 Å². The molecule has 2 aliphatic heterocycles. The zero-order valence-electron chi connectivity index (χ0n) is 25.0. The van der Waals surface area contributed by atoms with Gasteiger partial charge in [0, 0.05) is 17.8 Å². The lowest BCUT2D eigenvalue weighted by Crippen LogP contribution is -2.61. The van der Waals surface area contributed by atoms with Crippen molar-refractivity contribution < 1.29 is 45.2 Å². The summed E-state index contributed by atoms with van der Waals surface area (Å²) in [5.41, 5.74) is -3.35. The summed E-state index contributed by atoms with van der Waals surface area (Å²) in [6.07, 6.45) is -0.865. The zero-order chi connectivity index (χ0) is 32.9. The molecule has 44 heavy (non-hydrogen) atoms. The van der Waals surface area contributed by atoms with Crippen LogP contribution >= 0.6 is 0 Å². The molecule has 2 aromatic rings. The maximum atomic E-state index is 15.6. The maximum absolute atomic E-state index is 15.6. The minimum Gasteiger partial charge on any atom is -0.460 e. The number of hydrogen-bond donors (Lipinski definition) is 0. The minimum absolute atomic E-state index is 0.0158. The number of rotatable bonds is 8. The third kappa shape index (κ3) is 6.61. The first kappa shape index (κ1) is 33.4. The van der Waals surface area contributed by atoms with Gasteiger partial charge in [-0.05, 0) is 65.8 Å². The van der Waals surface area contributed by atoms with Crippen LogP contribution < -0.4 is 4.74 Å². The van der Waals surface area contributed by atoms with Crippen LogP contribution in [0.1, 0.15) is 76.3 Å². The first-order chi connectivity index (χ1) is 20.2. The molecule has 0 fully saturated rings. The predicted molar refractivity (Wildman–Crippen MR) is 151 cm³/mol. The van der Waals surface area contributed by atoms with Gasteiger partial charge in [-0.1, -0.05) is 0 Å². The molecular formula is C29H33F5N4O5S. The number of esters is 1. The summed E-state index contributed by atoms with van der Waals surface area (Å²) in [5, 5.41) is -1.51. The molecule has 240 valence electrons. The van der Waals surface area contributed by atoms with E-state index in [1.54, 1.807) is 20.8 Å². The van der Waals surface area contributed by atoms with Gasteiger partial charge < -0.3 is 9.47 Å². The van der Waals surface area contributed by atoms with Crippen LogP contribution in [0.5, 0.6) is 5.75 Å². The van der Waals surface area contributed by atoms with Crippen molar-refractivity contribution in [2.24, 2.45) is 9.36 Å². The van der Waals surface area contributed by atoms with Gasteiger partial charge in [0.1, 0.15) is 40.6 Å². The Morgan fingerprint density at radius 3 is 2.36 bits per heavy atom. The Labute approximate surface area is 251 Å². The van der Waals surface area contributed by atoms with Crippen molar-refractivity contribution in [3.05, 3.63) is 53.4 Å². The molecule has 2 aromatic heterocycles. The predicted octanol–water partition coefficient (Wildman–Crippen LogP) is 5.70. The lowest BCUT2D eigenvalue weighted by molar-refractivity contribution is -0.153. The second kappa shape index (κ2) is 11.5. The third-order valence-electron chi connectivity index (χ3n) is 7.48. The van der Waals surface area contributed by atoms with Crippen LogP contribution in [0.25, 0.3) is 0 Å². The smallest absolute Gasteiger partial charge is 0.387 e. The first-order valence-electron chi connectivity index (χ1n) is 13.7. The summed E-state index contributed by atoms with van der Waals surface area (Å²) in [7, 11) is -3.63. The van der Waals surface area contributed by atoms with Crippen LogP contribution in [-0.4, -0.2) is 66.3 Å². The fourth-order valence-electron chi connectivity index (χ4n) is 5.29. The quantitative estimate of drug-likeness (QED) is 0.206. The summed E-state index contributed by atoms with van der Waals surface area (Å²) in [6, 6.07) is 4.50. The van der Waals surface area contributed by atoms with Crippen molar-refractivity contribution in [2.75, 3.05) is 6.54 Å². The van der Waals surface area contributed by atoms with Gasteiger partial charge in [-0.15, -0.1) is 0 Å². The van der Waals surface area contributed by atoms with Crippen molar-refractivity contribution in [1.82, 2.24) is 9.97 Å². The van der Waals surface area contributed by atoms with Gasteiger partial charge >= 0.3 is 12.6 Å². The van der Waals surface area contributed by atoms with Gasteiger partial charge in [0.25, 0.3) is 5.92 Å². The largest absolute Gasteiger partial charge is 0.460 e. The van der Waals surface area contributed by atoms with Crippen LogP contribution in [0.15, 0.2) is 39.8 Å². The number of aliphatic imine (C=N–C) groups is 1. The van der Waals surface area contributed by atoms with E-state index in [1.165, 1.54) is 32.9 Å². The van der Waals surface area contributed by atoms with Gasteiger partial charge in [0.15, 0.2) is 5.78 Å². The van der Waals surface area contributed by atoms with Crippen LogP contribution in [0.2, 0.25) is 0 Å². The molecule has 0 radical (unpaired) electrons. The highest BCUT2D eigenvalue weighted by molar-refractivity contribution is 7.96. The molecule has 0 aliphatic carbocycles. The van der Waals surface area contributed by atoms with E-state index in [-0.39, 0.29) is 22.8 Å². The number of alkyl halides is 4. The fourth-order valence-corrected chi connectivity index (χ4v) is 8.60. The van der Waals surface area contributed by atoms with E-state index in [1.807, 2.05) is 0 Å². The number of carbonyl (C=O) groups excluding carboxylic acids is 2. The Bertz CT molecular complexity index is 1610. The lowest BCUT2D eigenvalue weighted by atomic mass is 9.87. The molecule has 2 aliphatic rings. The molecule has 15 heteroatoms. The number of ketones is 1. The third-order valence-corrected chi connectivity index (χ3v) is 11.1. The maximum Gasteiger partial charge on any atom is 0.387 e. The standard InChI is InChI=1S/C29H33F5N4O5S/c1-26(2,3)43-23(40)12-21-27(4,5)44(41)22(13-29(33,34)15-36-44)28(6,38-21)24-18(30)9-7-16(37-24)11-20(39)19-10-8-17(14-35-19)42-25(31)32/h7-10,14,22,25H,11-13,15H2,1-6H3/t22-,28+,44-/m1/s1. The molecule has 0 saturated carbocycles. The number of ether oxygens (including phenoxy) is 2. The van der Waals surface area contributed by atoms with E-state index >= 15 is 4.39 Å². The average Bonchev–Trinajstić information content (AvgIpc) is 2.89. The van der Waals surface area contributed by atoms with Gasteiger partial charge in [-0.3, -0.25) is 19.6 Å². The van der Waals surface area contributed by atoms with Crippen molar-refractivity contribution in [3.63, 3.8) is 0 Å². The van der Waals surface area contributed by atoms with Gasteiger partial charge in [0.05, 0.1) is 38.8 Å². The molecule has 0 unspecified atom stereocenters. The number of pyridine rings is 2. The minimum atomic E-state index is -3.63. The molecule has 3 atom stereocenters. The molecule has 0 amide bonds. The van der Waals surface area contributed by atoms with Crippen LogP contribution in [-0.2, 0) is 31.2 Å². The van der Waals surface area contributed by atoms with Gasteiger partial charge in [-0.25, -0.2) is 26.7 Å². The Kier molecular flexibility index (Phi) is 8.70. The monoisotopic (exact) mass is 644 g/mol. The topological polar surface area (TPSA) is 120 Å². The number of halogens is 5. The van der Waals surface area contributed by atoms with Crippen LogP contribution in [0.4, 0.5) is 22.0 Å². The number of aromatic nitrogens is 2. The van der Waals surface area contributed by atoms with Crippen molar-refractivity contribution in [3.8, 4) is 5.75 Å². The molecule has 9 nitrogen and oxygen atoms in total. The number of nitrogens with zero attached hydrogens (tertiary/aromatic N) is 4. The highest BCUT2D eigenvalue weighted by Crippen LogP contribution is 2.50. The molecule has 0 spiro atoms. The van der Waals surface area contributed by atoms with Crippen molar-refractivity contribution >= 4 is 27.2 Å². The normalized spacial score (nSPS) is 25.8. The van der Waals surface area contributed by atoms with E-state index in [4.69, 9.17) is 4.74 Å². The van der Waals surface area contributed by atoms with Crippen LogP contribution in [0, 0.1) is 5.82 Å². The Morgan fingerprint density at radius 1 is 1.09 bits per heavy atom. The first-order valence-corrected chi connectivity index (χ1v) is 15.2. The Hall–Kier alpha value is -3.49. The molecular weight excluding hydrogens is 611 g/mol. The zero-order valence-corrected chi connectivity index (χ0v) is 25.8. The van der Waals surface area contributed by atoms with E-state index in [0.717, 1.165) is 18.3 Å². The summed E-state index contributed by atoms with van der Waals surface area (Å²) >= 11 is 0. The number of carbonyl (C=O) groups is 2. The van der Waals surface area contributed by atoms with Crippen molar-refractivity contribution in [2.45, 2.75) is 94.5 Å². The van der Waals surface area contributed by atoms with Crippen molar-refractivity contribution in [1.29, 1.82) is 0 Å². The second-order valence-electron chi connectivity index (χ2n) is 12.4. The highest BCUT2D eigenvalue weighted by Gasteiger charge is 2.61. The molecule has 0 N–H and O–H groups in total. The van der Waals surface area contributed by atoms with Crippen LogP contribution in [0.3, 0.4) is 0 Å². The lowest BCUT2D eigenvalue weighted by Gasteiger charge is -2.49. The van der Waals surface area contributed by atoms with E-state index in [0.29, 0.717) is 0 Å². The molecule has 4 heterocycles. The number of Topliss-reactive ketones (excluding diaryl/α,β-unsaturated/α-hetero) is 1. The summed E-state index contributed by atoms with van der Waals surface area (Å²) < 4.78 is 96.9. The fraction of sp³-hybridized carbons (Fsp3) is 0.552. The molecule has 0 bridgehead atoms. The summed E-state index contributed by atoms with van der Waals surface area (Å²) in [6.45, 7) is 5.20. The summed E-state index contributed by atoms with van der Waals surface area (Å²) in [4.78, 5) is 38.5. The van der Waals surface area contributed by atoms with Gasteiger partial charge in [0.2, 0.25) is 0 Å². The molecule has 0 saturated heterocycles. The number of fused-ring (bicyclic) bond motifs is 1. The van der Waals surface area contributed by atoms with E-state index in [2.05, 4.69) is 24.1 Å². The molecule has 4 rings (SSSR count). The summed E-state index contributed by atoms with van der Waals surface area (Å²) in [5.74, 6) is -5.89. The number of hydrogen-bond acceptors (Lipinski definition) is 9. The average molecular weight is 645 g/mol. The SMILES string of the molecule is CC(C)(C)OC(=O)CC1=N[C@](C)(c2nc(CC(=O)c3ccc(OC(F)F)cn3)ccc2F)[C@H]2CC(F)(F)CN=[S@]2(=O)C1(C)C. The molecule has 0 aromatic carbocycles. The Balaban J connectivity index is 1.79. The highest BCUT2D eigenvalue weighted by atomic mass is 32.2.